The van der Waals surface area contributed by atoms with Gasteiger partial charge in [-0.1, -0.05) is 17.7 Å². The maximum absolute atomic E-state index is 10.4. The first-order valence-corrected chi connectivity index (χ1v) is 4.97. The van der Waals surface area contributed by atoms with E-state index in [0.717, 1.165) is 11.1 Å². The average Bonchev–Trinajstić information content (AvgIpc) is 2.18. The van der Waals surface area contributed by atoms with Crippen molar-refractivity contribution in [1.82, 2.24) is 0 Å². The lowest BCUT2D eigenvalue weighted by atomic mass is 10.1. The van der Waals surface area contributed by atoms with Gasteiger partial charge in [0.05, 0.1) is 12.1 Å². The number of benzene rings is 1. The zero-order valence-corrected chi connectivity index (χ0v) is 9.47. The van der Waals surface area contributed by atoms with Crippen LogP contribution in [0.2, 0.25) is 5.02 Å². The summed E-state index contributed by atoms with van der Waals surface area (Å²) in [7, 11) is 1.54. The summed E-state index contributed by atoms with van der Waals surface area (Å²) in [6, 6.07) is 3.71. The molecule has 0 aliphatic rings. The molecule has 1 N–H and O–H groups in total. The standard InChI is InChI=1S/C11H13ClO3/c1-7-5-8(3-4-10(13)14)11(12)9(6-7)15-2/h5-6H,3-4H2,1-2H3,(H,13,14). The molecule has 0 unspecified atom stereocenters. The summed E-state index contributed by atoms with van der Waals surface area (Å²) in [5.41, 5.74) is 1.83. The van der Waals surface area contributed by atoms with Gasteiger partial charge >= 0.3 is 5.97 Å². The molecule has 0 amide bonds. The summed E-state index contributed by atoms with van der Waals surface area (Å²) in [6.45, 7) is 1.92. The summed E-state index contributed by atoms with van der Waals surface area (Å²) >= 11 is 6.05. The average molecular weight is 229 g/mol. The van der Waals surface area contributed by atoms with Gasteiger partial charge in [0.1, 0.15) is 5.75 Å². The van der Waals surface area contributed by atoms with Gasteiger partial charge in [-0.3, -0.25) is 4.79 Å². The Hall–Kier alpha value is -1.22. The van der Waals surface area contributed by atoms with Crippen LogP contribution in [-0.2, 0) is 11.2 Å². The number of methoxy groups -OCH3 is 1. The molecule has 82 valence electrons. The van der Waals surface area contributed by atoms with Crippen molar-refractivity contribution in [3.63, 3.8) is 0 Å². The van der Waals surface area contributed by atoms with Crippen molar-refractivity contribution < 1.29 is 14.6 Å². The van der Waals surface area contributed by atoms with Crippen LogP contribution in [0.3, 0.4) is 0 Å². The Morgan fingerprint density at radius 3 is 2.73 bits per heavy atom. The number of carboxylic acids is 1. The predicted molar refractivity (Wildman–Crippen MR) is 58.7 cm³/mol. The topological polar surface area (TPSA) is 46.5 Å². The molecule has 1 aromatic carbocycles. The van der Waals surface area contributed by atoms with E-state index in [-0.39, 0.29) is 6.42 Å². The fraction of sp³-hybridized carbons (Fsp3) is 0.364. The van der Waals surface area contributed by atoms with Gasteiger partial charge in [-0.05, 0) is 30.5 Å². The number of ether oxygens (including phenoxy) is 1. The molecule has 0 saturated heterocycles. The largest absolute Gasteiger partial charge is 0.495 e. The molecule has 15 heavy (non-hydrogen) atoms. The molecule has 0 fully saturated rings. The van der Waals surface area contributed by atoms with E-state index < -0.39 is 5.97 Å². The quantitative estimate of drug-likeness (QED) is 0.862. The summed E-state index contributed by atoms with van der Waals surface area (Å²) in [5, 5.41) is 9.09. The van der Waals surface area contributed by atoms with Gasteiger partial charge in [0, 0.05) is 6.42 Å². The van der Waals surface area contributed by atoms with Crippen molar-refractivity contribution in [3.8, 4) is 5.75 Å². The van der Waals surface area contributed by atoms with Crippen LogP contribution in [0, 0.1) is 6.92 Å². The van der Waals surface area contributed by atoms with Gasteiger partial charge in [-0.25, -0.2) is 0 Å². The lowest BCUT2D eigenvalue weighted by molar-refractivity contribution is -0.136. The molecule has 0 heterocycles. The van der Waals surface area contributed by atoms with Crippen LogP contribution in [0.25, 0.3) is 0 Å². The van der Waals surface area contributed by atoms with E-state index >= 15 is 0 Å². The number of hydrogen-bond donors (Lipinski definition) is 1. The highest BCUT2D eigenvalue weighted by Gasteiger charge is 2.09. The monoisotopic (exact) mass is 228 g/mol. The van der Waals surface area contributed by atoms with Gasteiger partial charge in [-0.15, -0.1) is 0 Å². The molecule has 0 aliphatic carbocycles. The van der Waals surface area contributed by atoms with E-state index in [0.29, 0.717) is 17.2 Å². The van der Waals surface area contributed by atoms with Crippen LogP contribution >= 0.6 is 11.6 Å². The third-order valence-corrected chi connectivity index (χ3v) is 2.52. The molecule has 4 heteroatoms. The van der Waals surface area contributed by atoms with E-state index in [1.165, 1.54) is 0 Å². The molecule has 0 aromatic heterocycles. The number of rotatable bonds is 4. The molecule has 0 bridgehead atoms. The van der Waals surface area contributed by atoms with Crippen LogP contribution in [0.1, 0.15) is 17.5 Å². The first-order chi connectivity index (χ1) is 7.04. The summed E-state index contributed by atoms with van der Waals surface area (Å²) in [6.07, 6.45) is 0.499. The summed E-state index contributed by atoms with van der Waals surface area (Å²) in [5.74, 6) is -0.233. The molecular weight excluding hydrogens is 216 g/mol. The normalized spacial score (nSPS) is 10.1. The maximum atomic E-state index is 10.4. The van der Waals surface area contributed by atoms with Gasteiger partial charge in [0.2, 0.25) is 0 Å². The second-order valence-corrected chi connectivity index (χ2v) is 3.71. The van der Waals surface area contributed by atoms with Crippen LogP contribution < -0.4 is 4.74 Å². The van der Waals surface area contributed by atoms with Crippen molar-refractivity contribution in [3.05, 3.63) is 28.3 Å². The first kappa shape index (κ1) is 11.9. The second kappa shape index (κ2) is 5.03. The molecule has 1 rings (SSSR count). The minimum atomic E-state index is -0.827. The highest BCUT2D eigenvalue weighted by Crippen LogP contribution is 2.30. The van der Waals surface area contributed by atoms with Crippen molar-refractivity contribution in [1.29, 1.82) is 0 Å². The third-order valence-electron chi connectivity index (χ3n) is 2.09. The third kappa shape index (κ3) is 3.13. The lowest BCUT2D eigenvalue weighted by Gasteiger charge is -2.09. The SMILES string of the molecule is COc1cc(C)cc(CCC(=O)O)c1Cl. The Balaban J connectivity index is 2.95. The zero-order chi connectivity index (χ0) is 11.4. The lowest BCUT2D eigenvalue weighted by Crippen LogP contribution is -1.99. The Morgan fingerprint density at radius 1 is 1.53 bits per heavy atom. The molecular formula is C11H13ClO3. The minimum Gasteiger partial charge on any atom is -0.495 e. The van der Waals surface area contributed by atoms with Crippen LogP contribution in [0.5, 0.6) is 5.75 Å². The second-order valence-electron chi connectivity index (χ2n) is 3.33. The summed E-state index contributed by atoms with van der Waals surface area (Å²) < 4.78 is 5.09. The molecule has 0 aliphatic heterocycles. The first-order valence-electron chi connectivity index (χ1n) is 4.59. The fourth-order valence-electron chi connectivity index (χ4n) is 1.38. The Bertz CT molecular complexity index is 374. The fourth-order valence-corrected chi connectivity index (χ4v) is 1.66. The van der Waals surface area contributed by atoms with Gasteiger partial charge < -0.3 is 9.84 Å². The van der Waals surface area contributed by atoms with E-state index in [4.69, 9.17) is 21.4 Å². The van der Waals surface area contributed by atoms with E-state index in [1.54, 1.807) is 7.11 Å². The van der Waals surface area contributed by atoms with Crippen molar-refractivity contribution in [2.75, 3.05) is 7.11 Å². The van der Waals surface area contributed by atoms with Crippen molar-refractivity contribution in [2.24, 2.45) is 0 Å². The molecule has 0 saturated carbocycles. The van der Waals surface area contributed by atoms with E-state index in [9.17, 15) is 4.79 Å². The summed E-state index contributed by atoms with van der Waals surface area (Å²) in [4.78, 5) is 10.4. The van der Waals surface area contributed by atoms with Gasteiger partial charge in [-0.2, -0.15) is 0 Å². The number of hydrogen-bond acceptors (Lipinski definition) is 2. The molecule has 0 radical (unpaired) electrons. The van der Waals surface area contributed by atoms with Crippen molar-refractivity contribution in [2.45, 2.75) is 19.8 Å². The van der Waals surface area contributed by atoms with Crippen LogP contribution in [0.4, 0.5) is 0 Å². The molecule has 1 aromatic rings. The highest BCUT2D eigenvalue weighted by molar-refractivity contribution is 6.32. The van der Waals surface area contributed by atoms with Gasteiger partial charge in [0.15, 0.2) is 0 Å². The number of carbonyl (C=O) groups is 1. The zero-order valence-electron chi connectivity index (χ0n) is 8.71. The predicted octanol–water partition coefficient (Wildman–Crippen LogP) is 2.67. The molecule has 0 spiro atoms. The van der Waals surface area contributed by atoms with Crippen LogP contribution in [0.15, 0.2) is 12.1 Å². The van der Waals surface area contributed by atoms with E-state index in [1.807, 2.05) is 19.1 Å². The Morgan fingerprint density at radius 2 is 2.20 bits per heavy atom. The number of aryl methyl sites for hydroxylation is 2. The molecule has 0 atom stereocenters. The smallest absolute Gasteiger partial charge is 0.303 e. The Labute approximate surface area is 93.6 Å². The number of aliphatic carboxylic acids is 1. The number of carboxylic acid groups (broad SMARTS) is 1. The van der Waals surface area contributed by atoms with Crippen LogP contribution in [-0.4, -0.2) is 18.2 Å². The van der Waals surface area contributed by atoms with Crippen molar-refractivity contribution >= 4 is 17.6 Å². The van der Waals surface area contributed by atoms with Gasteiger partial charge in [0.25, 0.3) is 0 Å². The Kier molecular flexibility index (Phi) is 3.97. The number of halogens is 1. The highest BCUT2D eigenvalue weighted by atomic mass is 35.5. The minimum absolute atomic E-state index is 0.0757. The molecule has 3 nitrogen and oxygen atoms in total. The maximum Gasteiger partial charge on any atom is 0.303 e. The van der Waals surface area contributed by atoms with E-state index in [2.05, 4.69) is 0 Å².